The third kappa shape index (κ3) is 6.01. The minimum absolute atomic E-state index is 0.0210. The van der Waals surface area contributed by atoms with E-state index in [2.05, 4.69) is 196 Å². The fourth-order valence-electron chi connectivity index (χ4n) is 7.85. The standard InChI is InChI=1S/C45H54N5P/c1-11-18-34-29(3)47-51(48-40(34)25-30(12-2)31-19-14-13-15-20-31)49-42(35-21-16-17-22-39(35)46-10)38-28-33(45(7,8)9)27-37-36-26-32(44(4,5)6)23-24-41(36)50(51)43(37)38/h11-28,42,46-49,51H,1-10H3/b18-11-,30-12+,40-25-. The monoisotopic (exact) mass is 695 g/mol. The van der Waals surface area contributed by atoms with Gasteiger partial charge in [0, 0.05) is 0 Å². The van der Waals surface area contributed by atoms with Crippen molar-refractivity contribution in [2.75, 3.05) is 12.4 Å². The zero-order valence-electron chi connectivity index (χ0n) is 31.9. The SMILES string of the molecule is C/C=C\C1=C(C)N[PH]2(N/C1=C\C(=C/C)c1ccccc1)NC(c1ccccc1NC)c1cc(C(C)(C)C)cc3c4cc(C(C)(C)C)ccc4n2c13. The number of benzene rings is 4. The topological polar surface area (TPSA) is 53.0 Å². The molecule has 0 amide bonds. The van der Waals surface area contributed by atoms with Crippen LogP contribution in [0.25, 0.3) is 27.4 Å². The van der Waals surface area contributed by atoms with Crippen molar-refractivity contribution in [1.82, 2.24) is 19.6 Å². The number of fused-ring (bicyclic) bond motifs is 4. The first-order valence-corrected chi connectivity index (χ1v) is 20.3. The Labute approximate surface area is 305 Å². The Bertz CT molecular complexity index is 2270. The Morgan fingerprint density at radius 1 is 0.784 bits per heavy atom. The molecule has 1 unspecified atom stereocenters. The van der Waals surface area contributed by atoms with Gasteiger partial charge in [-0.2, -0.15) is 0 Å². The fraction of sp³-hybridized carbons (Fsp3) is 0.289. The molecule has 0 bridgehead atoms. The predicted molar refractivity (Wildman–Crippen MR) is 223 cm³/mol. The number of para-hydroxylation sites is 1. The van der Waals surface area contributed by atoms with Gasteiger partial charge in [-0.25, -0.2) is 0 Å². The summed E-state index contributed by atoms with van der Waals surface area (Å²) >= 11 is 0. The Morgan fingerprint density at radius 2 is 1.47 bits per heavy atom. The zero-order valence-corrected chi connectivity index (χ0v) is 32.9. The molecule has 2 aliphatic rings. The first-order valence-electron chi connectivity index (χ1n) is 18.3. The van der Waals surface area contributed by atoms with E-state index in [0.29, 0.717) is 0 Å². The average Bonchev–Trinajstić information content (AvgIpc) is 3.45. The van der Waals surface area contributed by atoms with Gasteiger partial charge in [-0.1, -0.05) is 0 Å². The number of allylic oxidation sites excluding steroid dienone is 6. The molecule has 0 radical (unpaired) electrons. The molecule has 1 spiro atoms. The molecule has 3 heterocycles. The molecule has 1 aromatic heterocycles. The molecule has 5 nitrogen and oxygen atoms in total. The van der Waals surface area contributed by atoms with E-state index in [1.807, 2.05) is 7.05 Å². The van der Waals surface area contributed by atoms with Crippen LogP contribution in [-0.4, -0.2) is 11.4 Å². The number of hydrogen-bond donors (Lipinski definition) is 4. The molecule has 0 fully saturated rings. The van der Waals surface area contributed by atoms with Crippen molar-refractivity contribution in [3.8, 4) is 0 Å². The van der Waals surface area contributed by atoms with Crippen molar-refractivity contribution in [2.45, 2.75) is 79.2 Å². The zero-order chi connectivity index (χ0) is 36.3. The second-order valence-electron chi connectivity index (χ2n) is 16.1. The van der Waals surface area contributed by atoms with Gasteiger partial charge in [0.15, 0.2) is 0 Å². The van der Waals surface area contributed by atoms with Crippen LogP contribution in [0.5, 0.6) is 0 Å². The number of nitrogens with zero attached hydrogens (tertiary/aromatic N) is 1. The molecule has 6 heteroatoms. The molecule has 4 aromatic carbocycles. The maximum absolute atomic E-state index is 4.35. The molecule has 2 aliphatic heterocycles. The van der Waals surface area contributed by atoms with E-state index >= 15 is 0 Å². The summed E-state index contributed by atoms with van der Waals surface area (Å²) < 4.78 is 2.63. The van der Waals surface area contributed by atoms with Crippen molar-refractivity contribution >= 4 is 40.9 Å². The number of anilines is 1. The van der Waals surface area contributed by atoms with E-state index in [0.717, 1.165) is 22.7 Å². The third-order valence-corrected chi connectivity index (χ3v) is 13.8. The van der Waals surface area contributed by atoms with Crippen LogP contribution in [0.3, 0.4) is 0 Å². The van der Waals surface area contributed by atoms with Crippen molar-refractivity contribution in [3.05, 3.63) is 154 Å². The number of rotatable bonds is 5. The van der Waals surface area contributed by atoms with Crippen LogP contribution >= 0.6 is 7.87 Å². The summed E-state index contributed by atoms with van der Waals surface area (Å²) in [5, 5.41) is 18.9. The van der Waals surface area contributed by atoms with Crippen LogP contribution in [0.15, 0.2) is 126 Å². The van der Waals surface area contributed by atoms with E-state index in [4.69, 9.17) is 0 Å². The molecule has 7 rings (SSSR count). The molecule has 0 aliphatic carbocycles. The summed E-state index contributed by atoms with van der Waals surface area (Å²) in [5.41, 5.74) is 14.7. The molecule has 0 saturated carbocycles. The van der Waals surface area contributed by atoms with Gasteiger partial charge in [0.25, 0.3) is 0 Å². The van der Waals surface area contributed by atoms with Gasteiger partial charge in [0.2, 0.25) is 0 Å². The summed E-state index contributed by atoms with van der Waals surface area (Å²) in [7, 11) is -1.04. The van der Waals surface area contributed by atoms with Gasteiger partial charge in [-0.15, -0.1) is 0 Å². The van der Waals surface area contributed by atoms with E-state index in [-0.39, 0.29) is 16.9 Å². The molecule has 0 saturated heterocycles. The normalized spacial score (nSPS) is 19.2. The van der Waals surface area contributed by atoms with Crippen molar-refractivity contribution in [1.29, 1.82) is 0 Å². The Balaban J connectivity index is 1.60. The molecule has 1 atom stereocenters. The number of aromatic nitrogens is 1. The third-order valence-electron chi connectivity index (χ3n) is 10.6. The van der Waals surface area contributed by atoms with Gasteiger partial charge in [0.05, 0.1) is 0 Å². The summed E-state index contributed by atoms with van der Waals surface area (Å²) in [5.74, 6) is 0. The number of nitrogens with one attached hydrogen (secondary N) is 4. The Kier molecular flexibility index (Phi) is 8.81. The van der Waals surface area contributed by atoms with E-state index in [1.54, 1.807) is 0 Å². The van der Waals surface area contributed by atoms with Crippen LogP contribution in [0.2, 0.25) is 0 Å². The van der Waals surface area contributed by atoms with Gasteiger partial charge in [0.1, 0.15) is 0 Å². The number of hydrogen-bond acceptors (Lipinski definition) is 4. The average molecular weight is 696 g/mol. The van der Waals surface area contributed by atoms with Crippen LogP contribution in [0.4, 0.5) is 5.69 Å². The van der Waals surface area contributed by atoms with Crippen LogP contribution < -0.4 is 20.6 Å². The van der Waals surface area contributed by atoms with Crippen LogP contribution in [0, 0.1) is 0 Å². The first kappa shape index (κ1) is 34.9. The summed E-state index contributed by atoms with van der Waals surface area (Å²) in [4.78, 5) is 0. The van der Waals surface area contributed by atoms with Gasteiger partial charge >= 0.3 is 306 Å². The molecule has 264 valence electrons. The molecular formula is C45H54N5P. The summed E-state index contributed by atoms with van der Waals surface area (Å²) in [6.07, 6.45) is 8.90. The van der Waals surface area contributed by atoms with E-state index in [9.17, 15) is 0 Å². The van der Waals surface area contributed by atoms with E-state index < -0.39 is 7.87 Å². The maximum atomic E-state index is 4.35. The van der Waals surface area contributed by atoms with Crippen molar-refractivity contribution in [3.63, 3.8) is 0 Å². The summed E-state index contributed by atoms with van der Waals surface area (Å²) in [6, 6.07) is 31.4. The van der Waals surface area contributed by atoms with Crippen molar-refractivity contribution < 1.29 is 0 Å². The second kappa shape index (κ2) is 12.9. The summed E-state index contributed by atoms with van der Waals surface area (Å²) in [6.45, 7) is 20.4. The van der Waals surface area contributed by atoms with Crippen molar-refractivity contribution in [2.24, 2.45) is 0 Å². The second-order valence-corrected chi connectivity index (χ2v) is 18.8. The predicted octanol–water partition coefficient (Wildman–Crippen LogP) is 11.4. The Morgan fingerprint density at radius 3 is 2.14 bits per heavy atom. The molecule has 51 heavy (non-hydrogen) atoms. The molecule has 5 aromatic rings. The van der Waals surface area contributed by atoms with Gasteiger partial charge in [-0.05, 0) is 0 Å². The fourth-order valence-corrected chi connectivity index (χ4v) is 11.6. The van der Waals surface area contributed by atoms with E-state index in [1.165, 1.54) is 55.2 Å². The quantitative estimate of drug-likeness (QED) is 0.138. The molecular weight excluding hydrogens is 642 g/mol. The van der Waals surface area contributed by atoms with Gasteiger partial charge in [-0.3, -0.25) is 0 Å². The van der Waals surface area contributed by atoms with Gasteiger partial charge < -0.3 is 0 Å². The van der Waals surface area contributed by atoms with Crippen LogP contribution in [-0.2, 0) is 10.8 Å². The first-order chi connectivity index (χ1) is 24.3. The van der Waals surface area contributed by atoms with Crippen LogP contribution in [0.1, 0.15) is 96.2 Å². The molecule has 4 N–H and O–H groups in total. The Hall–Kier alpha value is -4.57. The minimum atomic E-state index is -3.07.